The number of carbonyl (C=O) groups is 2. The second-order valence-corrected chi connectivity index (χ2v) is 2.74. The molecule has 0 rings (SSSR count). The topological polar surface area (TPSA) is 52.6 Å². The average Bonchev–Trinajstić information content (AvgIpc) is 2.17. The van der Waals surface area contributed by atoms with E-state index in [9.17, 15) is 9.59 Å². The minimum Gasteiger partial charge on any atom is -0.469 e. The first kappa shape index (κ1) is 11.9. The molecule has 0 saturated carbocycles. The third-order valence-electron chi connectivity index (χ3n) is 1.95. The molecule has 4 nitrogen and oxygen atoms in total. The SMILES string of the molecule is CCC(CCC(=O)OC)C(=O)OC. The van der Waals surface area contributed by atoms with E-state index in [1.54, 1.807) is 0 Å². The van der Waals surface area contributed by atoms with Gasteiger partial charge in [0.1, 0.15) is 0 Å². The van der Waals surface area contributed by atoms with E-state index in [0.29, 0.717) is 12.8 Å². The Hall–Kier alpha value is -1.06. The Kier molecular flexibility index (Phi) is 5.93. The minimum atomic E-state index is -0.289. The zero-order valence-corrected chi connectivity index (χ0v) is 8.33. The summed E-state index contributed by atoms with van der Waals surface area (Å²) in [5.74, 6) is -0.738. The van der Waals surface area contributed by atoms with Crippen molar-refractivity contribution in [1.29, 1.82) is 0 Å². The molecule has 0 heterocycles. The molecule has 0 aliphatic heterocycles. The molecule has 0 aliphatic carbocycles. The summed E-state index contributed by atoms with van der Waals surface area (Å²) in [5.41, 5.74) is 0. The van der Waals surface area contributed by atoms with E-state index < -0.39 is 0 Å². The lowest BCUT2D eigenvalue weighted by atomic mass is 10.0. The van der Waals surface area contributed by atoms with Gasteiger partial charge in [-0.05, 0) is 12.8 Å². The predicted molar refractivity (Wildman–Crippen MR) is 47.0 cm³/mol. The molecular formula is C9H16O4. The molecule has 0 aromatic rings. The van der Waals surface area contributed by atoms with Gasteiger partial charge in [0.2, 0.25) is 0 Å². The fourth-order valence-electron chi connectivity index (χ4n) is 1.05. The molecule has 0 aliphatic rings. The Balaban J connectivity index is 3.85. The highest BCUT2D eigenvalue weighted by atomic mass is 16.5. The van der Waals surface area contributed by atoms with Crippen molar-refractivity contribution in [2.24, 2.45) is 5.92 Å². The zero-order chi connectivity index (χ0) is 10.3. The highest BCUT2D eigenvalue weighted by molar-refractivity contribution is 5.74. The summed E-state index contributed by atoms with van der Waals surface area (Å²) in [4.78, 5) is 21.8. The van der Waals surface area contributed by atoms with Crippen LogP contribution in [0.5, 0.6) is 0 Å². The van der Waals surface area contributed by atoms with Crippen LogP contribution in [0.15, 0.2) is 0 Å². The Morgan fingerprint density at radius 3 is 2.23 bits per heavy atom. The molecule has 0 radical (unpaired) electrons. The fourth-order valence-corrected chi connectivity index (χ4v) is 1.05. The van der Waals surface area contributed by atoms with Crippen molar-refractivity contribution in [1.82, 2.24) is 0 Å². The number of ether oxygens (including phenoxy) is 2. The van der Waals surface area contributed by atoms with Gasteiger partial charge >= 0.3 is 11.9 Å². The van der Waals surface area contributed by atoms with Crippen molar-refractivity contribution in [3.8, 4) is 0 Å². The largest absolute Gasteiger partial charge is 0.469 e. The number of hydrogen-bond acceptors (Lipinski definition) is 4. The molecule has 0 aromatic heterocycles. The highest BCUT2D eigenvalue weighted by Crippen LogP contribution is 2.12. The van der Waals surface area contributed by atoms with Crippen molar-refractivity contribution < 1.29 is 19.1 Å². The van der Waals surface area contributed by atoms with Crippen LogP contribution in [-0.4, -0.2) is 26.2 Å². The van der Waals surface area contributed by atoms with Gasteiger partial charge in [-0.3, -0.25) is 9.59 Å². The quantitative estimate of drug-likeness (QED) is 0.607. The van der Waals surface area contributed by atoms with Crippen molar-refractivity contribution in [2.75, 3.05) is 14.2 Å². The number of methoxy groups -OCH3 is 2. The normalized spacial score (nSPS) is 11.9. The zero-order valence-electron chi connectivity index (χ0n) is 8.33. The van der Waals surface area contributed by atoms with Gasteiger partial charge in [0.15, 0.2) is 0 Å². The van der Waals surface area contributed by atoms with E-state index in [4.69, 9.17) is 0 Å². The standard InChI is InChI=1S/C9H16O4/c1-4-7(9(11)13-3)5-6-8(10)12-2/h7H,4-6H2,1-3H3. The van der Waals surface area contributed by atoms with Crippen LogP contribution in [-0.2, 0) is 19.1 Å². The third-order valence-corrected chi connectivity index (χ3v) is 1.95. The lowest BCUT2D eigenvalue weighted by Gasteiger charge is -2.10. The van der Waals surface area contributed by atoms with Gasteiger partial charge < -0.3 is 9.47 Å². The van der Waals surface area contributed by atoms with Crippen molar-refractivity contribution in [3.63, 3.8) is 0 Å². The summed E-state index contributed by atoms with van der Waals surface area (Å²) >= 11 is 0. The van der Waals surface area contributed by atoms with Gasteiger partial charge in [-0.1, -0.05) is 6.92 Å². The summed E-state index contributed by atoms with van der Waals surface area (Å²) in [5, 5.41) is 0. The fraction of sp³-hybridized carbons (Fsp3) is 0.778. The first-order chi connectivity index (χ1) is 6.15. The molecular weight excluding hydrogens is 172 g/mol. The summed E-state index contributed by atoms with van der Waals surface area (Å²) in [6.07, 6.45) is 1.45. The van der Waals surface area contributed by atoms with Gasteiger partial charge in [-0.2, -0.15) is 0 Å². The monoisotopic (exact) mass is 188 g/mol. The predicted octanol–water partition coefficient (Wildman–Crippen LogP) is 1.14. The molecule has 76 valence electrons. The highest BCUT2D eigenvalue weighted by Gasteiger charge is 2.17. The van der Waals surface area contributed by atoms with Gasteiger partial charge in [0.05, 0.1) is 20.1 Å². The maximum atomic E-state index is 11.1. The molecule has 0 amide bonds. The molecule has 0 bridgehead atoms. The number of hydrogen-bond donors (Lipinski definition) is 0. The third kappa shape index (κ3) is 4.50. The molecule has 0 N–H and O–H groups in total. The van der Waals surface area contributed by atoms with E-state index in [1.807, 2.05) is 6.92 Å². The molecule has 0 fully saturated rings. The molecule has 1 unspecified atom stereocenters. The molecule has 0 spiro atoms. The summed E-state index contributed by atoms with van der Waals surface area (Å²) in [7, 11) is 2.69. The maximum absolute atomic E-state index is 11.1. The van der Waals surface area contributed by atoms with E-state index in [1.165, 1.54) is 14.2 Å². The second kappa shape index (κ2) is 6.46. The number of rotatable bonds is 5. The first-order valence-electron chi connectivity index (χ1n) is 4.30. The summed E-state index contributed by atoms with van der Waals surface area (Å²) in [6, 6.07) is 0. The number of carbonyl (C=O) groups excluding carboxylic acids is 2. The van der Waals surface area contributed by atoms with Crippen LogP contribution in [0.4, 0.5) is 0 Å². The van der Waals surface area contributed by atoms with Crippen LogP contribution >= 0.6 is 0 Å². The lowest BCUT2D eigenvalue weighted by Crippen LogP contribution is -2.17. The maximum Gasteiger partial charge on any atom is 0.308 e. The molecule has 0 aromatic carbocycles. The van der Waals surface area contributed by atoms with Gasteiger partial charge in [0, 0.05) is 6.42 Å². The van der Waals surface area contributed by atoms with E-state index in [2.05, 4.69) is 9.47 Å². The summed E-state index contributed by atoms with van der Waals surface area (Å²) in [6.45, 7) is 1.89. The average molecular weight is 188 g/mol. The van der Waals surface area contributed by atoms with Crippen LogP contribution in [0, 0.1) is 5.92 Å². The Morgan fingerprint density at radius 2 is 1.85 bits per heavy atom. The Labute approximate surface area is 78.2 Å². The van der Waals surface area contributed by atoms with Gasteiger partial charge in [0.25, 0.3) is 0 Å². The van der Waals surface area contributed by atoms with Gasteiger partial charge in [-0.25, -0.2) is 0 Å². The van der Waals surface area contributed by atoms with Crippen molar-refractivity contribution in [2.45, 2.75) is 26.2 Å². The van der Waals surface area contributed by atoms with Crippen LogP contribution in [0.25, 0.3) is 0 Å². The van der Waals surface area contributed by atoms with Crippen LogP contribution in [0.1, 0.15) is 26.2 Å². The number of esters is 2. The van der Waals surface area contributed by atoms with Crippen LogP contribution in [0.2, 0.25) is 0 Å². The van der Waals surface area contributed by atoms with Crippen molar-refractivity contribution in [3.05, 3.63) is 0 Å². The smallest absolute Gasteiger partial charge is 0.308 e. The Morgan fingerprint density at radius 1 is 1.23 bits per heavy atom. The van der Waals surface area contributed by atoms with E-state index in [-0.39, 0.29) is 24.3 Å². The first-order valence-corrected chi connectivity index (χ1v) is 4.30. The van der Waals surface area contributed by atoms with E-state index in [0.717, 1.165) is 0 Å². The van der Waals surface area contributed by atoms with Crippen LogP contribution < -0.4 is 0 Å². The lowest BCUT2D eigenvalue weighted by molar-refractivity contribution is -0.146. The van der Waals surface area contributed by atoms with E-state index >= 15 is 0 Å². The summed E-state index contributed by atoms with van der Waals surface area (Å²) < 4.78 is 9.05. The van der Waals surface area contributed by atoms with Gasteiger partial charge in [-0.15, -0.1) is 0 Å². The molecule has 4 heteroatoms. The Bertz CT molecular complexity index is 176. The second-order valence-electron chi connectivity index (χ2n) is 2.74. The van der Waals surface area contributed by atoms with Crippen LogP contribution in [0.3, 0.4) is 0 Å². The molecule has 1 atom stereocenters. The molecule has 13 heavy (non-hydrogen) atoms. The van der Waals surface area contributed by atoms with Crippen molar-refractivity contribution >= 4 is 11.9 Å². The molecule has 0 saturated heterocycles. The minimum absolute atomic E-state index is 0.191.